The van der Waals surface area contributed by atoms with Gasteiger partial charge in [0.2, 0.25) is 0 Å². The molecule has 0 fully saturated rings. The SMILES string of the molecule is O=C(O)NCc1ccc(Nc2ccccc2C(F)(F)F)cc1F. The maximum atomic E-state index is 13.8. The average Bonchev–Trinajstić information content (AvgIpc) is 2.45. The van der Waals surface area contributed by atoms with Gasteiger partial charge < -0.3 is 15.7 Å². The summed E-state index contributed by atoms with van der Waals surface area (Å²) in [4.78, 5) is 10.4. The molecule has 1 amide bonds. The van der Waals surface area contributed by atoms with Crippen LogP contribution in [0.25, 0.3) is 0 Å². The van der Waals surface area contributed by atoms with Crippen molar-refractivity contribution in [2.45, 2.75) is 12.7 Å². The molecule has 0 aromatic heterocycles. The van der Waals surface area contributed by atoms with Crippen molar-refractivity contribution in [2.24, 2.45) is 0 Å². The summed E-state index contributed by atoms with van der Waals surface area (Å²) in [5, 5.41) is 13.0. The molecule has 2 aromatic rings. The van der Waals surface area contributed by atoms with Gasteiger partial charge in [0.15, 0.2) is 0 Å². The van der Waals surface area contributed by atoms with Crippen LogP contribution in [-0.2, 0) is 12.7 Å². The van der Waals surface area contributed by atoms with E-state index >= 15 is 0 Å². The Labute approximate surface area is 128 Å². The second kappa shape index (κ2) is 6.55. The van der Waals surface area contributed by atoms with Gasteiger partial charge in [-0.1, -0.05) is 18.2 Å². The van der Waals surface area contributed by atoms with Crippen LogP contribution in [0.4, 0.5) is 33.7 Å². The summed E-state index contributed by atoms with van der Waals surface area (Å²) in [6, 6.07) is 8.52. The van der Waals surface area contributed by atoms with Gasteiger partial charge in [0, 0.05) is 17.8 Å². The summed E-state index contributed by atoms with van der Waals surface area (Å²) < 4.78 is 52.5. The molecule has 0 spiro atoms. The second-order valence-corrected chi connectivity index (χ2v) is 4.63. The first-order valence-corrected chi connectivity index (χ1v) is 6.46. The van der Waals surface area contributed by atoms with Crippen LogP contribution in [0.2, 0.25) is 0 Å². The van der Waals surface area contributed by atoms with E-state index in [9.17, 15) is 22.4 Å². The maximum absolute atomic E-state index is 13.8. The number of nitrogens with one attached hydrogen (secondary N) is 2. The fourth-order valence-electron chi connectivity index (χ4n) is 1.93. The zero-order chi connectivity index (χ0) is 17.0. The molecular formula is C15H12F4N2O2. The Morgan fingerprint density at radius 1 is 1.13 bits per heavy atom. The number of benzene rings is 2. The highest BCUT2D eigenvalue weighted by Gasteiger charge is 2.33. The first kappa shape index (κ1) is 16.6. The fraction of sp³-hybridized carbons (Fsp3) is 0.133. The molecule has 8 heteroatoms. The normalized spacial score (nSPS) is 11.1. The first-order chi connectivity index (χ1) is 10.8. The van der Waals surface area contributed by atoms with E-state index in [4.69, 9.17) is 5.11 Å². The highest BCUT2D eigenvalue weighted by Crippen LogP contribution is 2.35. The zero-order valence-electron chi connectivity index (χ0n) is 11.6. The van der Waals surface area contributed by atoms with E-state index in [1.807, 2.05) is 5.32 Å². The molecule has 23 heavy (non-hydrogen) atoms. The van der Waals surface area contributed by atoms with Crippen LogP contribution < -0.4 is 10.6 Å². The summed E-state index contributed by atoms with van der Waals surface area (Å²) in [6.45, 7) is -0.236. The molecule has 0 atom stereocenters. The second-order valence-electron chi connectivity index (χ2n) is 4.63. The minimum Gasteiger partial charge on any atom is -0.465 e. The standard InChI is InChI=1S/C15H12F4N2O2/c16-12-7-10(6-5-9(12)8-20-14(22)23)21-13-4-2-1-3-11(13)15(17,18)19/h1-7,20-21H,8H2,(H,22,23). The third-order valence-corrected chi connectivity index (χ3v) is 2.99. The van der Waals surface area contributed by atoms with Gasteiger partial charge in [-0.05, 0) is 24.3 Å². The molecular weight excluding hydrogens is 316 g/mol. The predicted octanol–water partition coefficient (Wildman–Crippen LogP) is 4.36. The summed E-state index contributed by atoms with van der Waals surface area (Å²) in [5.74, 6) is -0.728. The number of anilines is 2. The topological polar surface area (TPSA) is 61.4 Å². The third kappa shape index (κ3) is 4.35. The minimum absolute atomic E-state index is 0.0852. The molecule has 0 aliphatic heterocycles. The van der Waals surface area contributed by atoms with Crippen LogP contribution in [0, 0.1) is 5.82 Å². The lowest BCUT2D eigenvalue weighted by molar-refractivity contribution is -0.136. The van der Waals surface area contributed by atoms with Crippen molar-refractivity contribution in [2.75, 3.05) is 5.32 Å². The Hall–Kier alpha value is -2.77. The molecule has 0 saturated carbocycles. The van der Waals surface area contributed by atoms with E-state index in [1.54, 1.807) is 0 Å². The number of carboxylic acid groups (broad SMARTS) is 1. The Balaban J connectivity index is 2.22. The number of rotatable bonds is 4. The van der Waals surface area contributed by atoms with Crippen LogP contribution >= 0.6 is 0 Å². The number of amides is 1. The van der Waals surface area contributed by atoms with Gasteiger partial charge in [0.25, 0.3) is 0 Å². The Morgan fingerprint density at radius 3 is 2.43 bits per heavy atom. The number of para-hydroxylation sites is 1. The van der Waals surface area contributed by atoms with Gasteiger partial charge in [0.1, 0.15) is 5.82 Å². The summed E-state index contributed by atoms with van der Waals surface area (Å²) in [7, 11) is 0. The minimum atomic E-state index is -4.53. The number of halogens is 4. The highest BCUT2D eigenvalue weighted by molar-refractivity contribution is 5.65. The van der Waals surface area contributed by atoms with Crippen molar-refractivity contribution in [1.29, 1.82) is 0 Å². The molecule has 0 aliphatic rings. The monoisotopic (exact) mass is 328 g/mol. The van der Waals surface area contributed by atoms with Crippen LogP contribution in [-0.4, -0.2) is 11.2 Å². The third-order valence-electron chi connectivity index (χ3n) is 2.99. The van der Waals surface area contributed by atoms with Gasteiger partial charge in [0.05, 0.1) is 11.3 Å². The molecule has 0 radical (unpaired) electrons. The molecule has 0 aliphatic carbocycles. The van der Waals surface area contributed by atoms with E-state index in [0.717, 1.165) is 12.1 Å². The first-order valence-electron chi connectivity index (χ1n) is 6.46. The van der Waals surface area contributed by atoms with E-state index in [1.165, 1.54) is 30.3 Å². The molecule has 122 valence electrons. The molecule has 0 saturated heterocycles. The summed E-state index contributed by atoms with van der Waals surface area (Å²) in [5.41, 5.74) is -0.854. The van der Waals surface area contributed by atoms with E-state index in [-0.39, 0.29) is 23.5 Å². The van der Waals surface area contributed by atoms with Crippen molar-refractivity contribution in [1.82, 2.24) is 5.32 Å². The molecule has 0 heterocycles. The van der Waals surface area contributed by atoms with Gasteiger partial charge in [-0.3, -0.25) is 0 Å². The van der Waals surface area contributed by atoms with E-state index in [0.29, 0.717) is 0 Å². The molecule has 2 aromatic carbocycles. The average molecular weight is 328 g/mol. The van der Waals surface area contributed by atoms with Crippen molar-refractivity contribution in [3.8, 4) is 0 Å². The fourth-order valence-corrected chi connectivity index (χ4v) is 1.93. The van der Waals surface area contributed by atoms with Crippen molar-refractivity contribution >= 4 is 17.5 Å². The predicted molar refractivity (Wildman–Crippen MR) is 76.0 cm³/mol. The highest BCUT2D eigenvalue weighted by atomic mass is 19.4. The quantitative estimate of drug-likeness (QED) is 0.731. The largest absolute Gasteiger partial charge is 0.465 e. The van der Waals surface area contributed by atoms with Gasteiger partial charge in [-0.15, -0.1) is 0 Å². The lowest BCUT2D eigenvalue weighted by atomic mass is 10.1. The number of hydrogen-bond donors (Lipinski definition) is 3. The van der Waals surface area contributed by atoms with Crippen LogP contribution in [0.5, 0.6) is 0 Å². The Morgan fingerprint density at radius 2 is 1.83 bits per heavy atom. The molecule has 0 bridgehead atoms. The zero-order valence-corrected chi connectivity index (χ0v) is 11.6. The summed E-state index contributed by atoms with van der Waals surface area (Å²) in [6.07, 6.45) is -5.83. The molecule has 4 nitrogen and oxygen atoms in total. The van der Waals surface area contributed by atoms with E-state index in [2.05, 4.69) is 5.32 Å². The number of alkyl halides is 3. The van der Waals surface area contributed by atoms with Crippen LogP contribution in [0.15, 0.2) is 42.5 Å². The maximum Gasteiger partial charge on any atom is 0.418 e. The molecule has 2 rings (SSSR count). The number of carbonyl (C=O) groups is 1. The molecule has 3 N–H and O–H groups in total. The van der Waals surface area contributed by atoms with Gasteiger partial charge in [-0.2, -0.15) is 13.2 Å². The van der Waals surface area contributed by atoms with Crippen molar-refractivity contribution in [3.63, 3.8) is 0 Å². The van der Waals surface area contributed by atoms with Crippen molar-refractivity contribution < 1.29 is 27.5 Å². The summed E-state index contributed by atoms with van der Waals surface area (Å²) >= 11 is 0. The Bertz CT molecular complexity index is 717. The van der Waals surface area contributed by atoms with E-state index < -0.39 is 23.7 Å². The lowest BCUT2D eigenvalue weighted by Gasteiger charge is -2.15. The van der Waals surface area contributed by atoms with Crippen LogP contribution in [0.1, 0.15) is 11.1 Å². The Kier molecular flexibility index (Phi) is 4.73. The van der Waals surface area contributed by atoms with Crippen molar-refractivity contribution in [3.05, 3.63) is 59.4 Å². The van der Waals surface area contributed by atoms with Crippen LogP contribution in [0.3, 0.4) is 0 Å². The number of hydrogen-bond acceptors (Lipinski definition) is 2. The van der Waals surface area contributed by atoms with Gasteiger partial charge >= 0.3 is 12.3 Å². The lowest BCUT2D eigenvalue weighted by Crippen LogP contribution is -2.20. The smallest absolute Gasteiger partial charge is 0.418 e. The van der Waals surface area contributed by atoms with Gasteiger partial charge in [-0.25, -0.2) is 9.18 Å². The molecule has 0 unspecified atom stereocenters.